The number of thiophene rings is 1. The van der Waals surface area contributed by atoms with E-state index in [1.807, 2.05) is 36.5 Å². The summed E-state index contributed by atoms with van der Waals surface area (Å²) in [6.07, 6.45) is 5.64. The van der Waals surface area contributed by atoms with Gasteiger partial charge in [0.1, 0.15) is 11.6 Å². The largest absolute Gasteiger partial charge is 0.381 e. The molecule has 2 aromatic heterocycles. The first-order chi connectivity index (χ1) is 20.4. The highest BCUT2D eigenvalue weighted by Gasteiger charge is 2.44. The maximum atomic E-state index is 14.6. The predicted octanol–water partition coefficient (Wildman–Crippen LogP) is 7.86. The molecule has 7 rings (SSSR count). The fourth-order valence-corrected chi connectivity index (χ4v) is 7.82. The van der Waals surface area contributed by atoms with E-state index in [0.717, 1.165) is 83.4 Å². The lowest BCUT2D eigenvalue weighted by molar-refractivity contribution is -0.000415. The highest BCUT2D eigenvalue weighted by atomic mass is 32.1. The van der Waals surface area contributed by atoms with Crippen molar-refractivity contribution in [3.63, 3.8) is 0 Å². The number of benzene rings is 2. The zero-order valence-electron chi connectivity index (χ0n) is 23.9. The van der Waals surface area contributed by atoms with Gasteiger partial charge >= 0.3 is 0 Å². The number of carbonyl (C=O) groups excluding carboxylic acids is 1. The van der Waals surface area contributed by atoms with E-state index in [-0.39, 0.29) is 11.7 Å². The van der Waals surface area contributed by atoms with E-state index >= 15 is 0 Å². The number of hydrogen-bond acceptors (Lipinski definition) is 5. The molecule has 1 amide bonds. The first-order valence-electron chi connectivity index (χ1n) is 14.8. The molecule has 2 aromatic carbocycles. The quantitative estimate of drug-likeness (QED) is 0.242. The number of amides is 1. The highest BCUT2D eigenvalue weighted by molar-refractivity contribution is 7.16. The van der Waals surface area contributed by atoms with E-state index in [2.05, 4.69) is 30.5 Å². The normalized spacial score (nSPS) is 17.3. The fraction of sp³-hybridized carbons (Fsp3) is 0.314. The van der Waals surface area contributed by atoms with Gasteiger partial charge in [-0.1, -0.05) is 25.6 Å². The van der Waals surface area contributed by atoms with E-state index < -0.39 is 0 Å². The molecule has 3 aliphatic heterocycles. The molecule has 0 unspecified atom stereocenters. The van der Waals surface area contributed by atoms with Gasteiger partial charge in [-0.05, 0) is 90.9 Å². The summed E-state index contributed by atoms with van der Waals surface area (Å²) in [6.45, 7) is 10.5. The number of pyridine rings is 1. The summed E-state index contributed by atoms with van der Waals surface area (Å²) in [6, 6.07) is 18.8. The molecule has 214 valence electrons. The standard InChI is InChI=1S/C35H34FN3O2S/c1-3-23(2)31-19-26-12-16-39(30-20-27(36)10-11-29(30)32(26)42-31)34(40)25-8-6-24(7-9-25)28-5-4-15-37-33(28)38-21-35(22-38)13-17-41-18-14-35/h4-11,15,19-20H,2-3,12-14,16-18,21-22H2,1H3. The van der Waals surface area contributed by atoms with Crippen LogP contribution in [0.2, 0.25) is 0 Å². The summed E-state index contributed by atoms with van der Waals surface area (Å²) >= 11 is 1.68. The van der Waals surface area contributed by atoms with Gasteiger partial charge < -0.3 is 14.5 Å². The summed E-state index contributed by atoms with van der Waals surface area (Å²) in [4.78, 5) is 25.0. The van der Waals surface area contributed by atoms with Gasteiger partial charge in [0.05, 0.1) is 5.69 Å². The second-order valence-electron chi connectivity index (χ2n) is 11.7. The van der Waals surface area contributed by atoms with Crippen molar-refractivity contribution >= 4 is 34.3 Å². The molecule has 0 saturated carbocycles. The first-order valence-corrected chi connectivity index (χ1v) is 15.6. The Kier molecular flexibility index (Phi) is 6.95. The van der Waals surface area contributed by atoms with Gasteiger partial charge in [0.25, 0.3) is 5.91 Å². The molecule has 4 aromatic rings. The molecule has 0 aliphatic carbocycles. The van der Waals surface area contributed by atoms with E-state index in [1.165, 1.54) is 17.7 Å². The lowest BCUT2D eigenvalue weighted by Crippen LogP contribution is -2.59. The zero-order valence-corrected chi connectivity index (χ0v) is 24.7. The zero-order chi connectivity index (χ0) is 28.8. The number of fused-ring (bicyclic) bond motifs is 3. The number of aromatic nitrogens is 1. The minimum atomic E-state index is -0.349. The van der Waals surface area contributed by atoms with Crippen molar-refractivity contribution in [2.45, 2.75) is 32.6 Å². The maximum absolute atomic E-state index is 14.6. The predicted molar refractivity (Wildman–Crippen MR) is 169 cm³/mol. The van der Waals surface area contributed by atoms with Crippen LogP contribution in [0.25, 0.3) is 27.1 Å². The summed E-state index contributed by atoms with van der Waals surface area (Å²) in [5.74, 6) is 0.511. The molecular weight excluding hydrogens is 545 g/mol. The lowest BCUT2D eigenvalue weighted by atomic mass is 9.73. The fourth-order valence-electron chi connectivity index (χ4n) is 6.53. The van der Waals surface area contributed by atoms with Crippen molar-refractivity contribution < 1.29 is 13.9 Å². The van der Waals surface area contributed by atoms with Crippen LogP contribution in [0.4, 0.5) is 15.9 Å². The molecule has 1 spiro atoms. The van der Waals surface area contributed by atoms with E-state index in [4.69, 9.17) is 9.72 Å². The Morgan fingerprint density at radius 3 is 2.62 bits per heavy atom. The third-order valence-corrected chi connectivity index (χ3v) is 10.4. The van der Waals surface area contributed by atoms with E-state index in [0.29, 0.717) is 29.6 Å². The van der Waals surface area contributed by atoms with Crippen LogP contribution in [0.5, 0.6) is 0 Å². The topological polar surface area (TPSA) is 45.7 Å². The summed E-state index contributed by atoms with van der Waals surface area (Å²) in [5, 5.41) is 0. The van der Waals surface area contributed by atoms with Gasteiger partial charge in [-0.15, -0.1) is 11.3 Å². The number of ether oxygens (including phenoxy) is 1. The number of halogens is 1. The third-order valence-electron chi connectivity index (χ3n) is 9.06. The van der Waals surface area contributed by atoms with E-state index in [1.54, 1.807) is 22.3 Å². The number of rotatable bonds is 5. The second kappa shape index (κ2) is 10.8. The van der Waals surface area contributed by atoms with E-state index in [9.17, 15) is 9.18 Å². The number of allylic oxidation sites excluding steroid dienone is 1. The highest BCUT2D eigenvalue weighted by Crippen LogP contribution is 2.45. The SMILES string of the molecule is C=C(CC)c1cc2c(s1)-c1ccc(F)cc1N(C(=O)c1ccc(-c3cccnc3N3CC4(CCOCC4)C3)cc1)CC2. The molecule has 3 aliphatic rings. The van der Waals surface area contributed by atoms with Gasteiger partial charge in [0.2, 0.25) is 0 Å². The van der Waals surface area contributed by atoms with Gasteiger partial charge in [0.15, 0.2) is 0 Å². The minimum absolute atomic E-state index is 0.127. The number of anilines is 2. The Hall–Kier alpha value is -3.81. The monoisotopic (exact) mass is 579 g/mol. The number of carbonyl (C=O) groups is 1. The number of nitrogens with zero attached hydrogens (tertiary/aromatic N) is 3. The molecule has 5 nitrogen and oxygen atoms in total. The molecule has 42 heavy (non-hydrogen) atoms. The Bertz CT molecular complexity index is 1660. The minimum Gasteiger partial charge on any atom is -0.381 e. The molecule has 2 saturated heterocycles. The molecule has 0 N–H and O–H groups in total. The summed E-state index contributed by atoms with van der Waals surface area (Å²) < 4.78 is 20.1. The van der Waals surface area contributed by atoms with Crippen LogP contribution < -0.4 is 9.80 Å². The second-order valence-corrected chi connectivity index (χ2v) is 12.8. The number of hydrogen-bond donors (Lipinski definition) is 0. The third kappa shape index (κ3) is 4.74. The molecule has 2 fully saturated rings. The van der Waals surface area contributed by atoms with Crippen molar-refractivity contribution in [2.24, 2.45) is 5.41 Å². The van der Waals surface area contributed by atoms with Crippen LogP contribution in [0.15, 0.2) is 73.4 Å². The van der Waals surface area contributed by atoms with Gasteiger partial charge in [-0.25, -0.2) is 9.37 Å². The van der Waals surface area contributed by atoms with Crippen LogP contribution >= 0.6 is 11.3 Å². The van der Waals surface area contributed by atoms with Gasteiger partial charge in [-0.3, -0.25) is 4.79 Å². The molecule has 0 bridgehead atoms. The lowest BCUT2D eigenvalue weighted by Gasteiger charge is -2.53. The van der Waals surface area contributed by atoms with Crippen molar-refractivity contribution in [1.82, 2.24) is 4.98 Å². The molecule has 5 heterocycles. The molecule has 7 heteroatoms. The van der Waals surface area contributed by atoms with Crippen molar-refractivity contribution in [1.29, 1.82) is 0 Å². The van der Waals surface area contributed by atoms with Crippen molar-refractivity contribution in [2.75, 3.05) is 42.6 Å². The van der Waals surface area contributed by atoms with Crippen LogP contribution in [0.3, 0.4) is 0 Å². The molecular formula is C35H34FN3O2S. The average Bonchev–Trinajstić information content (AvgIpc) is 3.38. The average molecular weight is 580 g/mol. The van der Waals surface area contributed by atoms with Crippen LogP contribution in [0, 0.1) is 11.2 Å². The van der Waals surface area contributed by atoms with Gasteiger partial charge in [-0.2, -0.15) is 0 Å². The summed E-state index contributed by atoms with van der Waals surface area (Å²) in [5.41, 5.74) is 6.80. The smallest absolute Gasteiger partial charge is 0.258 e. The van der Waals surface area contributed by atoms with Crippen LogP contribution in [0.1, 0.15) is 47.0 Å². The Morgan fingerprint density at radius 2 is 1.86 bits per heavy atom. The Labute approximate surface area is 250 Å². The van der Waals surface area contributed by atoms with Crippen LogP contribution in [-0.2, 0) is 11.2 Å². The van der Waals surface area contributed by atoms with Crippen LogP contribution in [-0.4, -0.2) is 43.7 Å². The molecule has 0 atom stereocenters. The van der Waals surface area contributed by atoms with Crippen molar-refractivity contribution in [3.8, 4) is 21.6 Å². The molecule has 0 radical (unpaired) electrons. The Morgan fingerprint density at radius 1 is 1.07 bits per heavy atom. The van der Waals surface area contributed by atoms with Crippen molar-refractivity contribution in [3.05, 3.63) is 95.3 Å². The van der Waals surface area contributed by atoms with Gasteiger partial charge in [0, 0.05) is 70.9 Å². The first kappa shape index (κ1) is 27.0. The Balaban J connectivity index is 1.15. The summed E-state index contributed by atoms with van der Waals surface area (Å²) in [7, 11) is 0. The maximum Gasteiger partial charge on any atom is 0.258 e.